The van der Waals surface area contributed by atoms with Crippen molar-refractivity contribution in [2.45, 2.75) is 19.4 Å². The number of nitrogens with two attached hydrogens (primary N) is 1. The van der Waals surface area contributed by atoms with E-state index < -0.39 is 22.6 Å². The minimum absolute atomic E-state index is 0.0230. The smallest absolute Gasteiger partial charge is 0.306 e. The van der Waals surface area contributed by atoms with Gasteiger partial charge in [-0.25, -0.2) is 4.39 Å². The summed E-state index contributed by atoms with van der Waals surface area (Å²) in [6.45, 7) is -0.348. The number of nitro benzene ring substituents is 1. The average Bonchev–Trinajstić information content (AvgIpc) is 3.20. The standard InChI is InChI=1S/C19H15FN4O6/c20-14-5-3-11(4-6-14)19-22-16(30-23-19)7-8-17(25)29-10-13-2-1-12(18(21)26)9-15(13)24(27)28/h1-6,9H,7-8,10H2,(H2,21,26). The summed E-state index contributed by atoms with van der Waals surface area (Å²) in [6.07, 6.45) is -0.00600. The van der Waals surface area contributed by atoms with Crippen LogP contribution < -0.4 is 5.73 Å². The Morgan fingerprint density at radius 3 is 2.60 bits per heavy atom. The summed E-state index contributed by atoms with van der Waals surface area (Å²) in [4.78, 5) is 37.7. The molecular weight excluding hydrogens is 399 g/mol. The molecule has 3 aromatic rings. The Labute approximate surface area is 168 Å². The summed E-state index contributed by atoms with van der Waals surface area (Å²) in [7, 11) is 0. The lowest BCUT2D eigenvalue weighted by atomic mass is 10.1. The number of halogens is 1. The monoisotopic (exact) mass is 414 g/mol. The van der Waals surface area contributed by atoms with E-state index in [4.69, 9.17) is 15.0 Å². The van der Waals surface area contributed by atoms with Gasteiger partial charge in [0.1, 0.15) is 12.4 Å². The Morgan fingerprint density at radius 1 is 1.20 bits per heavy atom. The molecule has 11 heteroatoms. The largest absolute Gasteiger partial charge is 0.461 e. The number of primary amides is 1. The summed E-state index contributed by atoms with van der Waals surface area (Å²) in [5, 5.41) is 14.9. The van der Waals surface area contributed by atoms with Crippen LogP contribution in [-0.4, -0.2) is 26.9 Å². The van der Waals surface area contributed by atoms with Crippen LogP contribution in [0.2, 0.25) is 0 Å². The van der Waals surface area contributed by atoms with Gasteiger partial charge in [-0.1, -0.05) is 5.16 Å². The molecule has 1 heterocycles. The highest BCUT2D eigenvalue weighted by Crippen LogP contribution is 2.22. The van der Waals surface area contributed by atoms with Crippen LogP contribution in [0, 0.1) is 15.9 Å². The highest BCUT2D eigenvalue weighted by Gasteiger charge is 2.18. The molecule has 0 bridgehead atoms. The van der Waals surface area contributed by atoms with Crippen molar-refractivity contribution in [2.24, 2.45) is 5.73 Å². The molecule has 0 saturated carbocycles. The average molecular weight is 414 g/mol. The lowest BCUT2D eigenvalue weighted by molar-refractivity contribution is -0.385. The Bertz CT molecular complexity index is 1100. The van der Waals surface area contributed by atoms with E-state index in [-0.39, 0.29) is 48.0 Å². The molecule has 0 aliphatic heterocycles. The Balaban J connectivity index is 1.56. The summed E-state index contributed by atoms with van der Waals surface area (Å²) in [6, 6.07) is 9.16. The number of nitrogens with zero attached hydrogens (tertiary/aromatic N) is 3. The van der Waals surface area contributed by atoms with Gasteiger partial charge in [-0.05, 0) is 36.4 Å². The van der Waals surface area contributed by atoms with Crippen LogP contribution in [0.1, 0.15) is 28.2 Å². The number of amides is 1. The zero-order chi connectivity index (χ0) is 21.7. The minimum atomic E-state index is -0.804. The number of carbonyl (C=O) groups is 2. The number of ether oxygens (including phenoxy) is 1. The van der Waals surface area contributed by atoms with Crippen molar-refractivity contribution in [1.29, 1.82) is 0 Å². The van der Waals surface area contributed by atoms with Crippen LogP contribution in [0.4, 0.5) is 10.1 Å². The first kappa shape index (κ1) is 20.6. The lowest BCUT2D eigenvalue weighted by Crippen LogP contribution is -2.12. The van der Waals surface area contributed by atoms with Crippen molar-refractivity contribution in [3.63, 3.8) is 0 Å². The maximum absolute atomic E-state index is 13.0. The molecule has 1 amide bonds. The van der Waals surface area contributed by atoms with E-state index in [9.17, 15) is 24.1 Å². The molecule has 10 nitrogen and oxygen atoms in total. The van der Waals surface area contributed by atoms with Gasteiger partial charge in [-0.3, -0.25) is 19.7 Å². The van der Waals surface area contributed by atoms with Crippen molar-refractivity contribution >= 4 is 17.6 Å². The fourth-order valence-corrected chi connectivity index (χ4v) is 2.52. The molecule has 2 N–H and O–H groups in total. The van der Waals surface area contributed by atoms with Crippen LogP contribution in [0.5, 0.6) is 0 Å². The van der Waals surface area contributed by atoms with Gasteiger partial charge in [0.05, 0.1) is 16.9 Å². The van der Waals surface area contributed by atoms with Gasteiger partial charge < -0.3 is 15.0 Å². The van der Waals surface area contributed by atoms with E-state index in [2.05, 4.69) is 10.1 Å². The number of hydrogen-bond donors (Lipinski definition) is 1. The number of nitro groups is 1. The molecule has 0 radical (unpaired) electrons. The second-order valence-electron chi connectivity index (χ2n) is 6.14. The summed E-state index contributed by atoms with van der Waals surface area (Å²) >= 11 is 0. The van der Waals surface area contributed by atoms with E-state index in [0.29, 0.717) is 5.56 Å². The second kappa shape index (κ2) is 8.90. The number of benzene rings is 2. The molecule has 0 saturated heterocycles. The van der Waals surface area contributed by atoms with Gasteiger partial charge in [-0.15, -0.1) is 0 Å². The van der Waals surface area contributed by atoms with Crippen molar-refractivity contribution in [2.75, 3.05) is 0 Å². The summed E-state index contributed by atoms with van der Waals surface area (Å²) in [5.74, 6) is -1.40. The van der Waals surface area contributed by atoms with Crippen molar-refractivity contribution in [3.8, 4) is 11.4 Å². The predicted octanol–water partition coefficient (Wildman–Crippen LogP) is 2.56. The van der Waals surface area contributed by atoms with Crippen LogP contribution in [0.3, 0.4) is 0 Å². The van der Waals surface area contributed by atoms with Gasteiger partial charge in [0.2, 0.25) is 17.6 Å². The van der Waals surface area contributed by atoms with E-state index in [1.165, 1.54) is 36.4 Å². The molecule has 154 valence electrons. The first-order valence-corrected chi connectivity index (χ1v) is 8.65. The molecule has 2 aromatic carbocycles. The number of carbonyl (C=O) groups excluding carboxylic acids is 2. The zero-order valence-electron chi connectivity index (χ0n) is 15.4. The SMILES string of the molecule is NC(=O)c1ccc(COC(=O)CCc2nc(-c3ccc(F)cc3)no2)c([N+](=O)[O-])c1. The number of aryl methyl sites for hydroxylation is 1. The van der Waals surface area contributed by atoms with Crippen LogP contribution >= 0.6 is 0 Å². The highest BCUT2D eigenvalue weighted by molar-refractivity contribution is 5.93. The third kappa shape index (κ3) is 5.01. The fourth-order valence-electron chi connectivity index (χ4n) is 2.52. The number of esters is 1. The third-order valence-electron chi connectivity index (χ3n) is 4.07. The molecule has 0 unspecified atom stereocenters. The lowest BCUT2D eigenvalue weighted by Gasteiger charge is -2.06. The molecule has 0 aliphatic carbocycles. The van der Waals surface area contributed by atoms with Gasteiger partial charge in [0.15, 0.2) is 0 Å². The summed E-state index contributed by atoms with van der Waals surface area (Å²) < 4.78 is 23.1. The summed E-state index contributed by atoms with van der Waals surface area (Å²) in [5.41, 5.74) is 5.39. The van der Waals surface area contributed by atoms with Crippen LogP contribution in [0.15, 0.2) is 47.0 Å². The number of aromatic nitrogens is 2. The fraction of sp³-hybridized carbons (Fsp3) is 0.158. The Hall–Kier alpha value is -4.15. The minimum Gasteiger partial charge on any atom is -0.461 e. The van der Waals surface area contributed by atoms with E-state index in [1.54, 1.807) is 0 Å². The van der Waals surface area contributed by atoms with Gasteiger partial charge in [0.25, 0.3) is 5.69 Å². The molecule has 0 aliphatic rings. The van der Waals surface area contributed by atoms with Crippen LogP contribution in [0.25, 0.3) is 11.4 Å². The highest BCUT2D eigenvalue weighted by atomic mass is 19.1. The quantitative estimate of drug-likeness (QED) is 0.335. The molecule has 0 fully saturated rings. The number of hydrogen-bond acceptors (Lipinski definition) is 8. The van der Waals surface area contributed by atoms with E-state index in [0.717, 1.165) is 6.07 Å². The maximum atomic E-state index is 13.0. The van der Waals surface area contributed by atoms with Crippen LogP contribution in [-0.2, 0) is 22.6 Å². The Morgan fingerprint density at radius 2 is 1.93 bits per heavy atom. The number of rotatable bonds is 8. The maximum Gasteiger partial charge on any atom is 0.306 e. The molecule has 0 atom stereocenters. The van der Waals surface area contributed by atoms with Crippen molar-refractivity contribution < 1.29 is 28.2 Å². The predicted molar refractivity (Wildman–Crippen MR) is 99.4 cm³/mol. The van der Waals surface area contributed by atoms with E-state index in [1.807, 2.05) is 0 Å². The normalized spacial score (nSPS) is 10.6. The second-order valence-corrected chi connectivity index (χ2v) is 6.14. The van der Waals surface area contributed by atoms with E-state index >= 15 is 0 Å². The third-order valence-corrected chi connectivity index (χ3v) is 4.07. The van der Waals surface area contributed by atoms with Gasteiger partial charge in [0, 0.05) is 23.6 Å². The molecular formula is C19H15FN4O6. The molecule has 30 heavy (non-hydrogen) atoms. The Kier molecular flexibility index (Phi) is 6.11. The molecule has 0 spiro atoms. The molecule has 1 aromatic heterocycles. The van der Waals surface area contributed by atoms with Gasteiger partial charge >= 0.3 is 5.97 Å². The topological polar surface area (TPSA) is 151 Å². The molecule has 3 rings (SSSR count). The zero-order valence-corrected chi connectivity index (χ0v) is 15.4. The van der Waals surface area contributed by atoms with Crippen molar-refractivity contribution in [3.05, 3.63) is 75.4 Å². The first-order chi connectivity index (χ1) is 14.3. The van der Waals surface area contributed by atoms with Gasteiger partial charge in [-0.2, -0.15) is 4.98 Å². The first-order valence-electron chi connectivity index (χ1n) is 8.65. The van der Waals surface area contributed by atoms with Crippen molar-refractivity contribution in [1.82, 2.24) is 10.1 Å².